The fourth-order valence-electron chi connectivity index (χ4n) is 1.75. The largest absolute Gasteiger partial charge is 0.339 e. The number of carbonyl (C=O) groups is 1. The molecule has 1 saturated heterocycles. The molecule has 15 heavy (non-hydrogen) atoms. The van der Waals surface area contributed by atoms with Gasteiger partial charge in [-0.05, 0) is 6.92 Å². The highest BCUT2D eigenvalue weighted by Gasteiger charge is 2.16. The zero-order valence-electron chi connectivity index (χ0n) is 8.94. The standard InChI is InChI=1S/C10H16N4O/c1-9-12-3-5-13(9)6-7-14-4-2-11-8-10(14)15/h3,5,11H,2,4,6-8H2,1H3. The Bertz CT molecular complexity index is 347. The molecule has 82 valence electrons. The van der Waals surface area contributed by atoms with Gasteiger partial charge in [-0.1, -0.05) is 0 Å². The van der Waals surface area contributed by atoms with E-state index in [1.54, 1.807) is 6.20 Å². The summed E-state index contributed by atoms with van der Waals surface area (Å²) in [4.78, 5) is 17.5. The van der Waals surface area contributed by atoms with Gasteiger partial charge in [0, 0.05) is 38.6 Å². The van der Waals surface area contributed by atoms with E-state index in [4.69, 9.17) is 0 Å². The Kier molecular flexibility index (Phi) is 3.01. The second-order valence-electron chi connectivity index (χ2n) is 3.73. The number of hydrogen-bond acceptors (Lipinski definition) is 3. The summed E-state index contributed by atoms with van der Waals surface area (Å²) in [5.41, 5.74) is 0. The van der Waals surface area contributed by atoms with E-state index in [0.29, 0.717) is 6.54 Å². The maximum Gasteiger partial charge on any atom is 0.236 e. The van der Waals surface area contributed by atoms with Crippen LogP contribution in [-0.2, 0) is 11.3 Å². The van der Waals surface area contributed by atoms with Crippen LogP contribution in [-0.4, -0.2) is 46.5 Å². The molecule has 0 radical (unpaired) electrons. The Labute approximate surface area is 89.1 Å². The van der Waals surface area contributed by atoms with Crippen molar-refractivity contribution >= 4 is 5.91 Å². The van der Waals surface area contributed by atoms with Crippen LogP contribution in [0.3, 0.4) is 0 Å². The highest BCUT2D eigenvalue weighted by atomic mass is 16.2. The SMILES string of the molecule is Cc1nccn1CCN1CCNCC1=O. The van der Waals surface area contributed by atoms with Gasteiger partial charge in [-0.25, -0.2) is 4.98 Å². The van der Waals surface area contributed by atoms with Crippen LogP contribution in [0.1, 0.15) is 5.82 Å². The number of rotatable bonds is 3. The molecule has 1 aliphatic rings. The van der Waals surface area contributed by atoms with Crippen molar-refractivity contribution in [2.75, 3.05) is 26.2 Å². The minimum absolute atomic E-state index is 0.194. The van der Waals surface area contributed by atoms with Crippen LogP contribution in [0.25, 0.3) is 0 Å². The van der Waals surface area contributed by atoms with Gasteiger partial charge in [-0.2, -0.15) is 0 Å². The summed E-state index contributed by atoms with van der Waals surface area (Å²) in [6.07, 6.45) is 3.73. The van der Waals surface area contributed by atoms with E-state index >= 15 is 0 Å². The monoisotopic (exact) mass is 208 g/mol. The summed E-state index contributed by atoms with van der Waals surface area (Å²) >= 11 is 0. The van der Waals surface area contributed by atoms with Crippen LogP contribution in [0, 0.1) is 6.92 Å². The molecule has 2 rings (SSSR count). The summed E-state index contributed by atoms with van der Waals surface area (Å²) < 4.78 is 2.06. The third-order valence-corrected chi connectivity index (χ3v) is 2.72. The van der Waals surface area contributed by atoms with Crippen LogP contribution in [0.4, 0.5) is 0 Å². The lowest BCUT2D eigenvalue weighted by molar-refractivity contribution is -0.132. The number of aromatic nitrogens is 2. The third kappa shape index (κ3) is 2.36. The van der Waals surface area contributed by atoms with Crippen molar-refractivity contribution in [3.05, 3.63) is 18.2 Å². The Balaban J connectivity index is 1.87. The average molecular weight is 208 g/mol. The topological polar surface area (TPSA) is 50.2 Å². The van der Waals surface area contributed by atoms with Gasteiger partial charge in [0.15, 0.2) is 0 Å². The second kappa shape index (κ2) is 4.44. The van der Waals surface area contributed by atoms with Gasteiger partial charge in [0.25, 0.3) is 0 Å². The van der Waals surface area contributed by atoms with E-state index in [0.717, 1.165) is 32.0 Å². The lowest BCUT2D eigenvalue weighted by Crippen LogP contribution is -2.48. The van der Waals surface area contributed by atoms with Crippen molar-refractivity contribution in [1.29, 1.82) is 0 Å². The van der Waals surface area contributed by atoms with Crippen LogP contribution in [0.5, 0.6) is 0 Å². The molecule has 0 saturated carbocycles. The Hall–Kier alpha value is -1.36. The highest BCUT2D eigenvalue weighted by Crippen LogP contribution is 1.99. The van der Waals surface area contributed by atoms with Gasteiger partial charge in [0.2, 0.25) is 5.91 Å². The summed E-state index contributed by atoms with van der Waals surface area (Å²) in [6, 6.07) is 0. The number of piperazine rings is 1. The molecule has 0 spiro atoms. The van der Waals surface area contributed by atoms with E-state index in [9.17, 15) is 4.79 Å². The zero-order valence-corrected chi connectivity index (χ0v) is 8.94. The van der Waals surface area contributed by atoms with Gasteiger partial charge in [-0.3, -0.25) is 4.79 Å². The van der Waals surface area contributed by atoms with E-state index in [1.165, 1.54) is 0 Å². The molecular formula is C10H16N4O. The van der Waals surface area contributed by atoms with E-state index in [-0.39, 0.29) is 5.91 Å². The zero-order chi connectivity index (χ0) is 10.7. The number of nitrogens with zero attached hydrogens (tertiary/aromatic N) is 3. The van der Waals surface area contributed by atoms with Crippen LogP contribution in [0.15, 0.2) is 12.4 Å². The maximum atomic E-state index is 11.5. The van der Waals surface area contributed by atoms with Gasteiger partial charge in [0.05, 0.1) is 6.54 Å². The van der Waals surface area contributed by atoms with Crippen LogP contribution >= 0.6 is 0 Å². The third-order valence-electron chi connectivity index (χ3n) is 2.72. The van der Waals surface area contributed by atoms with Crippen molar-refractivity contribution in [1.82, 2.24) is 19.8 Å². The lowest BCUT2D eigenvalue weighted by atomic mass is 10.3. The van der Waals surface area contributed by atoms with Crippen LogP contribution < -0.4 is 5.32 Å². The first-order valence-electron chi connectivity index (χ1n) is 5.23. The Morgan fingerprint density at radius 3 is 3.07 bits per heavy atom. The number of amides is 1. The van der Waals surface area contributed by atoms with Crippen molar-refractivity contribution < 1.29 is 4.79 Å². The summed E-state index contributed by atoms with van der Waals surface area (Å²) in [5, 5.41) is 3.06. The molecule has 1 amide bonds. The molecule has 0 atom stereocenters. The van der Waals surface area contributed by atoms with Gasteiger partial charge < -0.3 is 14.8 Å². The molecule has 1 aliphatic heterocycles. The molecule has 1 fully saturated rings. The number of hydrogen-bond donors (Lipinski definition) is 1. The van der Waals surface area contributed by atoms with Gasteiger partial charge in [0.1, 0.15) is 5.82 Å². The van der Waals surface area contributed by atoms with Crippen molar-refractivity contribution in [2.45, 2.75) is 13.5 Å². The first-order valence-corrected chi connectivity index (χ1v) is 5.23. The second-order valence-corrected chi connectivity index (χ2v) is 3.73. The molecule has 0 bridgehead atoms. The molecule has 0 unspecified atom stereocenters. The minimum Gasteiger partial charge on any atom is -0.339 e. The molecule has 1 aromatic rings. The van der Waals surface area contributed by atoms with Crippen molar-refractivity contribution in [3.8, 4) is 0 Å². The fourth-order valence-corrected chi connectivity index (χ4v) is 1.75. The number of carbonyl (C=O) groups excluding carboxylic acids is 1. The number of aryl methyl sites for hydroxylation is 1. The van der Waals surface area contributed by atoms with E-state index in [1.807, 2.05) is 18.0 Å². The van der Waals surface area contributed by atoms with E-state index < -0.39 is 0 Å². The van der Waals surface area contributed by atoms with E-state index in [2.05, 4.69) is 14.9 Å². The normalized spacial score (nSPS) is 17.1. The van der Waals surface area contributed by atoms with Crippen LogP contribution in [0.2, 0.25) is 0 Å². The highest BCUT2D eigenvalue weighted by molar-refractivity contribution is 5.78. The molecule has 5 heteroatoms. The summed E-state index contributed by atoms with van der Waals surface area (Å²) in [7, 11) is 0. The van der Waals surface area contributed by atoms with Crippen molar-refractivity contribution in [3.63, 3.8) is 0 Å². The fraction of sp³-hybridized carbons (Fsp3) is 0.600. The predicted octanol–water partition coefficient (Wildman–Crippen LogP) is -0.377. The Morgan fingerprint density at radius 1 is 1.53 bits per heavy atom. The maximum absolute atomic E-state index is 11.5. The quantitative estimate of drug-likeness (QED) is 0.737. The average Bonchev–Trinajstić information content (AvgIpc) is 2.63. The molecule has 2 heterocycles. The van der Waals surface area contributed by atoms with Crippen molar-refractivity contribution in [2.24, 2.45) is 0 Å². The molecule has 5 nitrogen and oxygen atoms in total. The molecule has 0 aromatic carbocycles. The van der Waals surface area contributed by atoms with Gasteiger partial charge >= 0.3 is 0 Å². The summed E-state index contributed by atoms with van der Waals surface area (Å²) in [6.45, 7) is 5.76. The Morgan fingerprint density at radius 2 is 2.40 bits per heavy atom. The first kappa shape index (κ1) is 10.2. The lowest BCUT2D eigenvalue weighted by Gasteiger charge is -2.27. The minimum atomic E-state index is 0.194. The smallest absolute Gasteiger partial charge is 0.236 e. The number of imidazole rings is 1. The van der Waals surface area contributed by atoms with Gasteiger partial charge in [-0.15, -0.1) is 0 Å². The number of nitrogens with one attached hydrogen (secondary N) is 1. The predicted molar refractivity (Wildman–Crippen MR) is 56.4 cm³/mol. The summed E-state index contributed by atoms with van der Waals surface area (Å²) in [5.74, 6) is 1.19. The molecule has 0 aliphatic carbocycles. The first-order chi connectivity index (χ1) is 7.27. The molecular weight excluding hydrogens is 192 g/mol. The molecule has 1 aromatic heterocycles. The molecule has 1 N–H and O–H groups in total.